The molecule has 7 nitrogen and oxygen atoms in total. The second-order valence-corrected chi connectivity index (χ2v) is 9.29. The summed E-state index contributed by atoms with van der Waals surface area (Å²) in [6.07, 6.45) is 9.69. The zero-order chi connectivity index (χ0) is 23.1. The third-order valence-electron chi connectivity index (χ3n) is 7.03. The van der Waals surface area contributed by atoms with Crippen molar-refractivity contribution in [2.24, 2.45) is 0 Å². The summed E-state index contributed by atoms with van der Waals surface area (Å²) in [4.78, 5) is 30.5. The Labute approximate surface area is 197 Å². The number of morpholine rings is 1. The van der Waals surface area contributed by atoms with E-state index in [0.717, 1.165) is 43.5 Å². The summed E-state index contributed by atoms with van der Waals surface area (Å²) in [5.74, 6) is 0.896. The summed E-state index contributed by atoms with van der Waals surface area (Å²) in [5.41, 5.74) is 0.137. The minimum absolute atomic E-state index is 0.133. The molecular formula is C26H37N3O4. The van der Waals surface area contributed by atoms with Gasteiger partial charge in [-0.15, -0.1) is 0 Å². The lowest BCUT2D eigenvalue weighted by Gasteiger charge is -2.42. The first kappa shape index (κ1) is 23.8. The van der Waals surface area contributed by atoms with E-state index < -0.39 is 5.60 Å². The number of ether oxygens (including phenoxy) is 2. The Kier molecular flexibility index (Phi) is 8.04. The number of para-hydroxylation sites is 1. The maximum atomic E-state index is 13.2. The molecule has 2 fully saturated rings. The summed E-state index contributed by atoms with van der Waals surface area (Å²) in [6.45, 7) is 5.66. The van der Waals surface area contributed by atoms with Gasteiger partial charge in [0.05, 0.1) is 19.7 Å². The summed E-state index contributed by atoms with van der Waals surface area (Å²) < 4.78 is 12.0. The van der Waals surface area contributed by atoms with Crippen LogP contribution in [0.25, 0.3) is 0 Å². The minimum Gasteiger partial charge on any atom is -0.491 e. The van der Waals surface area contributed by atoms with Crippen molar-refractivity contribution in [3.63, 3.8) is 0 Å². The van der Waals surface area contributed by atoms with Gasteiger partial charge >= 0.3 is 0 Å². The van der Waals surface area contributed by atoms with Crippen molar-refractivity contribution in [1.29, 1.82) is 0 Å². The van der Waals surface area contributed by atoms with Crippen molar-refractivity contribution >= 4 is 11.8 Å². The third kappa shape index (κ3) is 5.76. The molecule has 2 amide bonds. The highest BCUT2D eigenvalue weighted by atomic mass is 16.5. The van der Waals surface area contributed by atoms with Crippen LogP contribution in [0.15, 0.2) is 36.4 Å². The molecule has 2 atom stereocenters. The van der Waals surface area contributed by atoms with Gasteiger partial charge in [0.1, 0.15) is 12.4 Å². The second-order valence-electron chi connectivity index (χ2n) is 9.29. The highest BCUT2D eigenvalue weighted by molar-refractivity contribution is 5.86. The molecule has 1 aromatic carbocycles. The van der Waals surface area contributed by atoms with Crippen LogP contribution < -0.4 is 10.1 Å². The smallest absolute Gasteiger partial charge is 0.254 e. The summed E-state index contributed by atoms with van der Waals surface area (Å²) >= 11 is 0. The van der Waals surface area contributed by atoms with Crippen LogP contribution in [0.2, 0.25) is 0 Å². The molecule has 1 N–H and O–H groups in total. The monoisotopic (exact) mass is 455 g/mol. The number of likely N-dealkylation sites (tertiary alicyclic amines) is 1. The maximum absolute atomic E-state index is 13.2. The number of rotatable bonds is 3. The number of amides is 2. The predicted octanol–water partition coefficient (Wildman–Crippen LogP) is 2.55. The van der Waals surface area contributed by atoms with E-state index in [0.29, 0.717) is 51.9 Å². The molecule has 180 valence electrons. The van der Waals surface area contributed by atoms with Crippen LogP contribution in [-0.4, -0.2) is 79.2 Å². The maximum Gasteiger partial charge on any atom is 0.254 e. The number of hydrogen-bond acceptors (Lipinski definition) is 5. The van der Waals surface area contributed by atoms with Gasteiger partial charge in [0.25, 0.3) is 5.91 Å². The van der Waals surface area contributed by atoms with Crippen molar-refractivity contribution in [3.8, 4) is 5.75 Å². The highest BCUT2D eigenvalue weighted by Gasteiger charge is 2.43. The predicted molar refractivity (Wildman–Crippen MR) is 127 cm³/mol. The molecule has 2 saturated heterocycles. The van der Waals surface area contributed by atoms with E-state index in [1.165, 1.54) is 6.42 Å². The van der Waals surface area contributed by atoms with E-state index in [2.05, 4.69) is 34.2 Å². The first-order valence-corrected chi connectivity index (χ1v) is 12.4. The largest absolute Gasteiger partial charge is 0.491 e. The fraction of sp³-hybridized carbons (Fsp3) is 0.615. The summed E-state index contributed by atoms with van der Waals surface area (Å²) in [5, 5.41) is 3.00. The summed E-state index contributed by atoms with van der Waals surface area (Å²) in [6, 6.07) is 8.34. The fourth-order valence-corrected chi connectivity index (χ4v) is 5.16. The zero-order valence-electron chi connectivity index (χ0n) is 19.8. The number of piperidine rings is 1. The second kappa shape index (κ2) is 11.2. The lowest BCUT2D eigenvalue weighted by atomic mass is 9.94. The topological polar surface area (TPSA) is 71.1 Å². The van der Waals surface area contributed by atoms with E-state index in [1.54, 1.807) is 0 Å². The van der Waals surface area contributed by atoms with Crippen molar-refractivity contribution in [2.75, 3.05) is 45.9 Å². The first-order chi connectivity index (χ1) is 16.1. The van der Waals surface area contributed by atoms with Crippen LogP contribution in [0.5, 0.6) is 5.75 Å². The number of carbonyl (C=O) groups excluding carboxylic acids is 2. The van der Waals surface area contributed by atoms with Crippen LogP contribution in [0.3, 0.4) is 0 Å². The van der Waals surface area contributed by atoms with Gasteiger partial charge in [-0.1, -0.05) is 37.3 Å². The molecule has 3 aliphatic rings. The lowest BCUT2D eigenvalue weighted by Crippen LogP contribution is -2.61. The number of carbonyl (C=O) groups is 2. The number of allylic oxidation sites excluding steroid dienone is 1. The van der Waals surface area contributed by atoms with Gasteiger partial charge < -0.3 is 19.7 Å². The van der Waals surface area contributed by atoms with Gasteiger partial charge in [0.15, 0.2) is 5.60 Å². The van der Waals surface area contributed by atoms with E-state index in [9.17, 15) is 9.59 Å². The van der Waals surface area contributed by atoms with Crippen LogP contribution in [0.1, 0.15) is 44.6 Å². The molecule has 1 spiro atoms. The van der Waals surface area contributed by atoms with Crippen molar-refractivity contribution in [2.45, 2.75) is 57.1 Å². The Morgan fingerprint density at radius 2 is 2.06 bits per heavy atom. The van der Waals surface area contributed by atoms with Gasteiger partial charge in [-0.2, -0.15) is 0 Å². The van der Waals surface area contributed by atoms with Crippen molar-refractivity contribution in [3.05, 3.63) is 42.0 Å². The van der Waals surface area contributed by atoms with Crippen LogP contribution in [0.4, 0.5) is 0 Å². The number of nitrogens with zero attached hydrogens (tertiary/aromatic N) is 2. The van der Waals surface area contributed by atoms with E-state index in [4.69, 9.17) is 9.47 Å². The lowest BCUT2D eigenvalue weighted by molar-refractivity contribution is -0.162. The quantitative estimate of drug-likeness (QED) is 0.710. The van der Waals surface area contributed by atoms with Gasteiger partial charge in [0.2, 0.25) is 5.91 Å². The Morgan fingerprint density at radius 1 is 1.18 bits per heavy atom. The molecule has 33 heavy (non-hydrogen) atoms. The standard InChI is InChI=1S/C26H37N3O4/c1-2-22-11-6-8-15-29(22)24(30)19-28-16-18-33-26(20-28)13-7-5-10-21-9-3-4-12-23(21)32-17-14-27-25(26)31/h3-5,7,9,12,22H,2,6,8,10-11,13-20H2,1H3,(H,27,31)/b7-5+. The van der Waals surface area contributed by atoms with Crippen LogP contribution in [-0.2, 0) is 20.7 Å². The van der Waals surface area contributed by atoms with Crippen molar-refractivity contribution < 1.29 is 19.1 Å². The molecule has 2 unspecified atom stereocenters. The number of hydrogen-bond donors (Lipinski definition) is 1. The Balaban J connectivity index is 1.45. The molecular weight excluding hydrogens is 418 g/mol. The van der Waals surface area contributed by atoms with Gasteiger partial charge in [0, 0.05) is 32.1 Å². The molecule has 0 aliphatic carbocycles. The SMILES string of the molecule is CCC1CCCCN1C(=O)CN1CCOC2(C/C=C/Cc3ccccc3OCCNC2=O)C1. The normalized spacial score (nSPS) is 28.1. The summed E-state index contributed by atoms with van der Waals surface area (Å²) in [7, 11) is 0. The van der Waals surface area contributed by atoms with E-state index in [-0.39, 0.29) is 11.8 Å². The van der Waals surface area contributed by atoms with Gasteiger partial charge in [-0.25, -0.2) is 0 Å². The molecule has 3 heterocycles. The molecule has 0 aromatic heterocycles. The number of nitrogens with one attached hydrogen (secondary N) is 1. The number of fused-ring (bicyclic) bond motifs is 1. The average molecular weight is 456 g/mol. The van der Waals surface area contributed by atoms with Crippen LogP contribution >= 0.6 is 0 Å². The van der Waals surface area contributed by atoms with Gasteiger partial charge in [-0.05, 0) is 43.7 Å². The van der Waals surface area contributed by atoms with E-state index in [1.807, 2.05) is 24.3 Å². The van der Waals surface area contributed by atoms with Crippen LogP contribution in [0, 0.1) is 0 Å². The Morgan fingerprint density at radius 3 is 2.94 bits per heavy atom. The molecule has 4 rings (SSSR count). The van der Waals surface area contributed by atoms with E-state index >= 15 is 0 Å². The zero-order valence-corrected chi connectivity index (χ0v) is 19.8. The molecule has 7 heteroatoms. The molecule has 1 aromatic rings. The minimum atomic E-state index is -0.986. The fourth-order valence-electron chi connectivity index (χ4n) is 5.16. The van der Waals surface area contributed by atoms with Gasteiger partial charge in [-0.3, -0.25) is 14.5 Å². The molecule has 0 bridgehead atoms. The molecule has 0 radical (unpaired) electrons. The average Bonchev–Trinajstić information content (AvgIpc) is 2.84. The first-order valence-electron chi connectivity index (χ1n) is 12.4. The molecule has 0 saturated carbocycles. The Bertz CT molecular complexity index is 858. The third-order valence-corrected chi connectivity index (χ3v) is 7.03. The highest BCUT2D eigenvalue weighted by Crippen LogP contribution is 2.26. The number of benzene rings is 1. The van der Waals surface area contributed by atoms with Crippen molar-refractivity contribution in [1.82, 2.24) is 15.1 Å². The molecule has 3 aliphatic heterocycles. The Hall–Kier alpha value is -2.38.